The Labute approximate surface area is 210 Å². The fourth-order valence-corrected chi connectivity index (χ4v) is 7.81. The molecule has 3 saturated carbocycles. The Morgan fingerprint density at radius 3 is 2.19 bits per heavy atom. The average Bonchev–Trinajstić information content (AvgIpc) is 2.80. The molecule has 2 aromatic rings. The average molecular weight is 567 g/mol. The molecule has 36 heavy (non-hydrogen) atoms. The number of anilines is 1. The molecule has 3 N–H and O–H groups in total. The highest BCUT2D eigenvalue weighted by Gasteiger charge is 2.60. The zero-order chi connectivity index (χ0) is 26.6. The van der Waals surface area contributed by atoms with Gasteiger partial charge in [0.25, 0.3) is 5.91 Å². The van der Waals surface area contributed by atoms with Gasteiger partial charge < -0.3 is 10.4 Å². The number of hydrogen-bond acceptors (Lipinski definition) is 6. The van der Waals surface area contributed by atoms with E-state index >= 15 is 0 Å². The van der Waals surface area contributed by atoms with Crippen LogP contribution in [0.15, 0.2) is 35.2 Å². The molecule has 0 aliphatic heterocycles. The number of nitrogens with one attached hydrogen (secondary N) is 2. The van der Waals surface area contributed by atoms with Crippen LogP contribution in [-0.2, 0) is 19.9 Å². The Morgan fingerprint density at radius 2 is 1.64 bits per heavy atom. The molecule has 14 heteroatoms. The molecule has 0 radical (unpaired) electrons. The number of fused-ring (bicyclic) bond motifs is 2. The number of sulfone groups is 1. The summed E-state index contributed by atoms with van der Waals surface area (Å²) in [6, 6.07) is 4.63. The molecule has 1 amide bonds. The number of aliphatic hydroxyl groups is 1. The number of carbonyl (C=O) groups excluding carboxylic acids is 1. The first-order valence-electron chi connectivity index (χ1n) is 10.8. The van der Waals surface area contributed by atoms with Crippen LogP contribution in [0.3, 0.4) is 0 Å². The number of halogens is 4. The highest BCUT2D eigenvalue weighted by atomic mass is 35.5. The van der Waals surface area contributed by atoms with Gasteiger partial charge in [-0.25, -0.2) is 34.7 Å². The minimum Gasteiger partial charge on any atom is -0.388 e. The lowest BCUT2D eigenvalue weighted by Gasteiger charge is -2.58. The van der Waals surface area contributed by atoms with Crippen LogP contribution in [0.4, 0.5) is 18.9 Å². The van der Waals surface area contributed by atoms with Crippen LogP contribution in [0.2, 0.25) is 5.02 Å². The summed E-state index contributed by atoms with van der Waals surface area (Å²) >= 11 is 6.15. The van der Waals surface area contributed by atoms with E-state index in [0.29, 0.717) is 18.6 Å². The molecule has 3 aliphatic rings. The Bertz CT molecular complexity index is 1420. The monoisotopic (exact) mass is 566 g/mol. The summed E-state index contributed by atoms with van der Waals surface area (Å²) in [6.07, 6.45) is 1.66. The molecule has 8 nitrogen and oxygen atoms in total. The molecule has 2 bridgehead atoms. The highest BCUT2D eigenvalue weighted by Crippen LogP contribution is 2.55. The molecule has 2 aromatic carbocycles. The van der Waals surface area contributed by atoms with Gasteiger partial charge in [-0.2, -0.15) is 0 Å². The molecule has 3 aliphatic carbocycles. The molecule has 3 fully saturated rings. The third-order valence-electron chi connectivity index (χ3n) is 6.88. The van der Waals surface area contributed by atoms with Crippen molar-refractivity contribution in [1.29, 1.82) is 0 Å². The largest absolute Gasteiger partial charge is 0.388 e. The fourth-order valence-electron chi connectivity index (χ4n) is 4.92. The van der Waals surface area contributed by atoms with E-state index in [1.165, 1.54) is 12.1 Å². The van der Waals surface area contributed by atoms with Crippen molar-refractivity contribution in [3.8, 4) is 0 Å². The van der Waals surface area contributed by atoms with Crippen molar-refractivity contribution in [3.63, 3.8) is 0 Å². The van der Waals surface area contributed by atoms with Crippen LogP contribution in [0, 0.1) is 29.3 Å². The zero-order valence-electron chi connectivity index (χ0n) is 18.8. The smallest absolute Gasteiger partial charge is 0.255 e. The highest BCUT2D eigenvalue weighted by molar-refractivity contribution is 7.92. The van der Waals surface area contributed by atoms with Gasteiger partial charge in [0.15, 0.2) is 27.3 Å². The first kappa shape index (κ1) is 26.9. The SMILES string of the molecule is CS(=O)(=O)NCC1(O)C2CC1CC(S(=O)(=O)c1cc(C(=O)Nc3cc(F)c(F)c(F)c3)ccc1Cl)C2. The standard InChI is InChI=1S/C22H22ClF3N2O6S2/c1-35(31,32)27-10-22(30)12-5-13(22)7-15(6-12)36(33,34)19-4-11(2-3-16(19)23)21(29)28-14-8-17(24)20(26)18(25)9-14/h2-4,8-9,12-13,15,27,30H,5-7,10H2,1H3,(H,28,29). The lowest BCUT2D eigenvalue weighted by atomic mass is 9.54. The lowest BCUT2D eigenvalue weighted by Crippen LogP contribution is -2.66. The van der Waals surface area contributed by atoms with Crippen molar-refractivity contribution in [3.05, 3.63) is 58.4 Å². The fraction of sp³-hybridized carbons (Fsp3) is 0.409. The summed E-state index contributed by atoms with van der Waals surface area (Å²) in [6.45, 7) is -0.213. The van der Waals surface area contributed by atoms with Crippen LogP contribution in [0.25, 0.3) is 0 Å². The molecule has 0 spiro atoms. The van der Waals surface area contributed by atoms with Gasteiger partial charge in [-0.3, -0.25) is 4.79 Å². The maximum absolute atomic E-state index is 13.5. The lowest BCUT2D eigenvalue weighted by molar-refractivity contribution is -0.170. The molecule has 2 unspecified atom stereocenters. The molecule has 0 aromatic heterocycles. The third-order valence-corrected chi connectivity index (χ3v) is 10.2. The van der Waals surface area contributed by atoms with Crippen molar-refractivity contribution >= 4 is 43.1 Å². The van der Waals surface area contributed by atoms with Crippen molar-refractivity contribution in [1.82, 2.24) is 4.72 Å². The normalized spacial score (nSPS) is 25.8. The van der Waals surface area contributed by atoms with Crippen molar-refractivity contribution in [2.24, 2.45) is 11.8 Å². The van der Waals surface area contributed by atoms with Crippen molar-refractivity contribution in [2.75, 3.05) is 18.1 Å². The van der Waals surface area contributed by atoms with E-state index in [1.54, 1.807) is 0 Å². The van der Waals surface area contributed by atoms with Gasteiger partial charge in [0.1, 0.15) is 0 Å². The number of benzene rings is 2. The van der Waals surface area contributed by atoms with E-state index in [1.807, 2.05) is 0 Å². The van der Waals surface area contributed by atoms with Crippen molar-refractivity contribution in [2.45, 2.75) is 35.0 Å². The predicted octanol–water partition coefficient (Wildman–Crippen LogP) is 2.86. The van der Waals surface area contributed by atoms with Gasteiger partial charge in [-0.1, -0.05) is 11.6 Å². The van der Waals surface area contributed by atoms with Gasteiger partial charge in [0.05, 0.1) is 27.0 Å². The minimum atomic E-state index is -4.07. The molecule has 196 valence electrons. The second-order valence-corrected chi connectivity index (χ2v) is 13.6. The first-order valence-corrected chi connectivity index (χ1v) is 14.6. The van der Waals surface area contributed by atoms with E-state index in [9.17, 15) is 39.9 Å². The molecular weight excluding hydrogens is 545 g/mol. The maximum atomic E-state index is 13.5. The molecular formula is C22H22ClF3N2O6S2. The van der Waals surface area contributed by atoms with Gasteiger partial charge in [0, 0.05) is 29.9 Å². The molecule has 5 rings (SSSR count). The Morgan fingerprint density at radius 1 is 1.06 bits per heavy atom. The summed E-state index contributed by atoms with van der Waals surface area (Å²) in [5.74, 6) is -6.50. The van der Waals surface area contributed by atoms with Crippen LogP contribution in [0.1, 0.15) is 29.6 Å². The Balaban J connectivity index is 1.53. The zero-order valence-corrected chi connectivity index (χ0v) is 21.2. The van der Waals surface area contributed by atoms with Gasteiger partial charge in [0.2, 0.25) is 10.0 Å². The summed E-state index contributed by atoms with van der Waals surface area (Å²) in [4.78, 5) is 12.3. The first-order chi connectivity index (χ1) is 16.6. The molecule has 0 heterocycles. The Hall–Kier alpha value is -2.19. The summed E-state index contributed by atoms with van der Waals surface area (Å²) in [7, 11) is -7.61. The molecule has 2 atom stereocenters. The Kier molecular flexibility index (Phi) is 6.92. The second-order valence-electron chi connectivity index (χ2n) is 9.21. The maximum Gasteiger partial charge on any atom is 0.255 e. The third kappa shape index (κ3) is 4.99. The van der Waals surface area contributed by atoms with Crippen LogP contribution < -0.4 is 10.0 Å². The summed E-state index contributed by atoms with van der Waals surface area (Å²) < 4.78 is 92.0. The predicted molar refractivity (Wildman–Crippen MR) is 125 cm³/mol. The number of sulfonamides is 1. The quantitative estimate of drug-likeness (QED) is 0.442. The van der Waals surface area contributed by atoms with Gasteiger partial charge in [-0.15, -0.1) is 0 Å². The molecule has 0 saturated heterocycles. The van der Waals surface area contributed by atoms with E-state index in [4.69, 9.17) is 11.6 Å². The van der Waals surface area contributed by atoms with Crippen molar-refractivity contribution < 1.29 is 39.9 Å². The minimum absolute atomic E-state index is 0.0711. The number of carbonyl (C=O) groups is 1. The number of hydrogen-bond donors (Lipinski definition) is 3. The second kappa shape index (κ2) is 9.28. The summed E-state index contributed by atoms with van der Waals surface area (Å²) in [5.41, 5.74) is -1.89. The van der Waals surface area contributed by atoms with E-state index < -0.39 is 65.9 Å². The van der Waals surface area contributed by atoms with E-state index in [2.05, 4.69) is 10.0 Å². The van der Waals surface area contributed by atoms with Crippen LogP contribution in [-0.4, -0.2) is 51.5 Å². The van der Waals surface area contributed by atoms with Crippen LogP contribution >= 0.6 is 11.6 Å². The number of amides is 1. The van der Waals surface area contributed by atoms with Crippen LogP contribution in [0.5, 0.6) is 0 Å². The summed E-state index contributed by atoms with van der Waals surface area (Å²) in [5, 5.41) is 12.0. The topological polar surface area (TPSA) is 130 Å². The van der Waals surface area contributed by atoms with Gasteiger partial charge in [-0.05, 0) is 49.3 Å². The number of rotatable bonds is 7. The van der Waals surface area contributed by atoms with E-state index in [-0.39, 0.29) is 40.6 Å². The van der Waals surface area contributed by atoms with E-state index in [0.717, 1.165) is 12.3 Å². The van der Waals surface area contributed by atoms with Gasteiger partial charge >= 0.3 is 0 Å².